The van der Waals surface area contributed by atoms with E-state index >= 15 is 0 Å². The van der Waals surface area contributed by atoms with Crippen molar-refractivity contribution in [1.82, 2.24) is 9.80 Å². The van der Waals surface area contributed by atoms with E-state index in [2.05, 4.69) is 41.5 Å². The zero-order chi connectivity index (χ0) is 17.3. The Morgan fingerprint density at radius 2 is 1.68 bits per heavy atom. The molecule has 1 fully saturated rings. The molecule has 1 N–H and O–H groups in total. The Kier molecular flexibility index (Phi) is 4.22. The third-order valence-corrected chi connectivity index (χ3v) is 5.70. The zero-order valence-electron chi connectivity index (χ0n) is 14.7. The molecule has 0 bridgehead atoms. The van der Waals surface area contributed by atoms with E-state index < -0.39 is 0 Å². The molecule has 130 valence electrons. The summed E-state index contributed by atoms with van der Waals surface area (Å²) >= 11 is 0. The number of nitrogens with zero attached hydrogens (tertiary/aromatic N) is 2. The molecule has 2 aromatic carbocycles. The molecule has 2 aromatic rings. The van der Waals surface area contributed by atoms with Gasteiger partial charge in [0.05, 0.1) is 0 Å². The van der Waals surface area contributed by atoms with E-state index in [9.17, 15) is 4.79 Å². The number of urea groups is 1. The Morgan fingerprint density at radius 3 is 2.44 bits per heavy atom. The number of carbonyl (C=O) groups excluding carboxylic acids is 1. The molecule has 4 nitrogen and oxygen atoms in total. The van der Waals surface area contributed by atoms with Gasteiger partial charge in [0.25, 0.3) is 0 Å². The minimum Gasteiger partial charge on any atom is -0.319 e. The van der Waals surface area contributed by atoms with Crippen LogP contribution in [0, 0.1) is 0 Å². The Morgan fingerprint density at radius 1 is 1.00 bits per heavy atom. The van der Waals surface area contributed by atoms with E-state index in [0.29, 0.717) is 6.54 Å². The minimum absolute atomic E-state index is 0.000920. The van der Waals surface area contributed by atoms with E-state index in [1.807, 2.05) is 35.2 Å². The first-order chi connectivity index (χ1) is 12.2. The summed E-state index contributed by atoms with van der Waals surface area (Å²) in [5.41, 5.74) is 3.69. The predicted octanol–water partition coefficient (Wildman–Crippen LogP) is 3.70. The summed E-state index contributed by atoms with van der Waals surface area (Å²) in [6.07, 6.45) is 2.21. The first kappa shape index (κ1) is 16.2. The quantitative estimate of drug-likeness (QED) is 0.862. The number of amides is 2. The second-order valence-corrected chi connectivity index (χ2v) is 7.39. The molecule has 25 heavy (non-hydrogen) atoms. The van der Waals surface area contributed by atoms with Gasteiger partial charge in [0.1, 0.15) is 0 Å². The van der Waals surface area contributed by atoms with Crippen LogP contribution in [0.1, 0.15) is 24.0 Å². The number of rotatable bonds is 1. The Hall–Kier alpha value is -2.33. The maximum absolute atomic E-state index is 12.9. The molecular formula is C21H25N3O. The Bertz CT molecular complexity index is 751. The maximum atomic E-state index is 12.9. The summed E-state index contributed by atoms with van der Waals surface area (Å²) in [5, 5.41) is 3.05. The molecule has 1 spiro atoms. The van der Waals surface area contributed by atoms with E-state index in [0.717, 1.165) is 38.2 Å². The summed E-state index contributed by atoms with van der Waals surface area (Å²) in [5.74, 6) is 0. The fourth-order valence-corrected chi connectivity index (χ4v) is 4.23. The number of anilines is 1. The first-order valence-corrected chi connectivity index (χ1v) is 9.04. The molecule has 2 aliphatic rings. The van der Waals surface area contributed by atoms with E-state index in [-0.39, 0.29) is 11.4 Å². The second kappa shape index (κ2) is 6.52. The van der Waals surface area contributed by atoms with Gasteiger partial charge < -0.3 is 15.1 Å². The zero-order valence-corrected chi connectivity index (χ0v) is 14.7. The topological polar surface area (TPSA) is 35.6 Å². The average molecular weight is 335 g/mol. The lowest BCUT2D eigenvalue weighted by Gasteiger charge is -2.48. The van der Waals surface area contributed by atoms with Gasteiger partial charge in [0.15, 0.2) is 0 Å². The molecule has 0 aliphatic carbocycles. The molecule has 4 rings (SSSR count). The average Bonchev–Trinajstić information content (AvgIpc) is 2.65. The van der Waals surface area contributed by atoms with Crippen LogP contribution in [0.3, 0.4) is 0 Å². The maximum Gasteiger partial charge on any atom is 0.322 e. The number of benzene rings is 2. The van der Waals surface area contributed by atoms with Gasteiger partial charge in [-0.15, -0.1) is 0 Å². The van der Waals surface area contributed by atoms with Gasteiger partial charge in [-0.25, -0.2) is 4.79 Å². The van der Waals surface area contributed by atoms with Crippen molar-refractivity contribution in [1.29, 1.82) is 0 Å². The number of piperidine rings is 1. The highest BCUT2D eigenvalue weighted by atomic mass is 16.2. The van der Waals surface area contributed by atoms with Crippen LogP contribution >= 0.6 is 0 Å². The number of fused-ring (bicyclic) bond motifs is 2. The van der Waals surface area contributed by atoms with Gasteiger partial charge >= 0.3 is 6.03 Å². The van der Waals surface area contributed by atoms with Crippen LogP contribution in [0.4, 0.5) is 10.5 Å². The van der Waals surface area contributed by atoms with Crippen LogP contribution in [-0.4, -0.2) is 42.5 Å². The van der Waals surface area contributed by atoms with Crippen LogP contribution in [0.15, 0.2) is 54.6 Å². The highest BCUT2D eigenvalue weighted by molar-refractivity contribution is 5.89. The summed E-state index contributed by atoms with van der Waals surface area (Å²) < 4.78 is 0. The molecule has 0 atom stereocenters. The Balaban J connectivity index is 1.60. The van der Waals surface area contributed by atoms with Crippen molar-refractivity contribution in [3.05, 3.63) is 65.7 Å². The van der Waals surface area contributed by atoms with Crippen molar-refractivity contribution < 1.29 is 4.79 Å². The first-order valence-electron chi connectivity index (χ1n) is 9.04. The number of para-hydroxylation sites is 1. The van der Waals surface area contributed by atoms with Gasteiger partial charge in [-0.2, -0.15) is 0 Å². The molecule has 0 saturated carbocycles. The van der Waals surface area contributed by atoms with E-state index in [4.69, 9.17) is 0 Å². The van der Waals surface area contributed by atoms with Crippen LogP contribution < -0.4 is 5.32 Å². The number of hydrogen-bond donors (Lipinski definition) is 1. The van der Waals surface area contributed by atoms with Gasteiger partial charge in [-0.3, -0.25) is 0 Å². The van der Waals surface area contributed by atoms with Crippen LogP contribution in [0.5, 0.6) is 0 Å². The molecule has 2 aliphatic heterocycles. The van der Waals surface area contributed by atoms with E-state index in [1.165, 1.54) is 11.1 Å². The van der Waals surface area contributed by atoms with Crippen LogP contribution in [-0.2, 0) is 12.0 Å². The van der Waals surface area contributed by atoms with Gasteiger partial charge in [-0.1, -0.05) is 42.5 Å². The summed E-state index contributed by atoms with van der Waals surface area (Å²) in [4.78, 5) is 17.2. The van der Waals surface area contributed by atoms with Crippen LogP contribution in [0.25, 0.3) is 0 Å². The normalized spacial score (nSPS) is 19.5. The number of likely N-dealkylation sites (tertiary alicyclic amines) is 1. The van der Waals surface area contributed by atoms with Crippen molar-refractivity contribution >= 4 is 11.7 Å². The summed E-state index contributed by atoms with van der Waals surface area (Å²) in [6, 6.07) is 18.4. The number of carbonyl (C=O) groups is 1. The lowest BCUT2D eigenvalue weighted by Crippen LogP contribution is -2.53. The molecule has 2 amide bonds. The lowest BCUT2D eigenvalue weighted by atomic mass is 9.69. The van der Waals surface area contributed by atoms with Gasteiger partial charge in [-0.05, 0) is 56.2 Å². The van der Waals surface area contributed by atoms with Gasteiger partial charge in [0, 0.05) is 24.2 Å². The van der Waals surface area contributed by atoms with Crippen molar-refractivity contribution in [2.24, 2.45) is 0 Å². The van der Waals surface area contributed by atoms with Crippen molar-refractivity contribution in [3.8, 4) is 0 Å². The third-order valence-electron chi connectivity index (χ3n) is 5.70. The van der Waals surface area contributed by atoms with Gasteiger partial charge in [0.2, 0.25) is 0 Å². The Labute approximate surface area is 149 Å². The predicted molar refractivity (Wildman–Crippen MR) is 101 cm³/mol. The highest BCUT2D eigenvalue weighted by Crippen LogP contribution is 2.41. The second-order valence-electron chi connectivity index (χ2n) is 7.39. The monoisotopic (exact) mass is 335 g/mol. The molecular weight excluding hydrogens is 310 g/mol. The van der Waals surface area contributed by atoms with Crippen molar-refractivity contribution in [2.75, 3.05) is 32.0 Å². The standard InChI is InChI=1S/C21H25N3O/c1-23-13-11-21(12-14-23)16-24(15-17-7-5-6-10-19(17)21)20(25)22-18-8-3-2-4-9-18/h2-10H,11-16H2,1H3,(H,22,25). The fraction of sp³-hybridized carbons (Fsp3) is 0.381. The van der Waals surface area contributed by atoms with E-state index in [1.54, 1.807) is 0 Å². The summed E-state index contributed by atoms with van der Waals surface area (Å²) in [6.45, 7) is 3.66. The molecule has 2 heterocycles. The minimum atomic E-state index is -0.000920. The highest BCUT2D eigenvalue weighted by Gasteiger charge is 2.42. The molecule has 0 radical (unpaired) electrons. The molecule has 0 aromatic heterocycles. The largest absolute Gasteiger partial charge is 0.322 e. The smallest absolute Gasteiger partial charge is 0.319 e. The fourth-order valence-electron chi connectivity index (χ4n) is 4.23. The SMILES string of the molecule is CN1CCC2(CC1)CN(C(=O)Nc1ccccc1)Cc1ccccc12. The number of nitrogens with one attached hydrogen (secondary N) is 1. The van der Waals surface area contributed by atoms with Crippen LogP contribution in [0.2, 0.25) is 0 Å². The molecule has 1 saturated heterocycles. The summed E-state index contributed by atoms with van der Waals surface area (Å²) in [7, 11) is 2.18. The third kappa shape index (κ3) is 3.14. The number of hydrogen-bond acceptors (Lipinski definition) is 2. The lowest BCUT2D eigenvalue weighted by molar-refractivity contribution is 0.125. The van der Waals surface area contributed by atoms with Crippen molar-refractivity contribution in [3.63, 3.8) is 0 Å². The molecule has 4 heteroatoms. The van der Waals surface area contributed by atoms with Crippen molar-refractivity contribution in [2.45, 2.75) is 24.8 Å². The molecule has 0 unspecified atom stereocenters.